The van der Waals surface area contributed by atoms with E-state index in [0.29, 0.717) is 12.8 Å². The second-order valence-electron chi connectivity index (χ2n) is 6.49. The highest BCUT2D eigenvalue weighted by Crippen LogP contribution is 2.18. The maximum atomic E-state index is 11.9. The van der Waals surface area contributed by atoms with Gasteiger partial charge < -0.3 is 15.5 Å². The zero-order chi connectivity index (χ0) is 19.6. The first-order valence-electron chi connectivity index (χ1n) is 8.76. The van der Waals surface area contributed by atoms with E-state index in [1.807, 2.05) is 60.7 Å². The van der Waals surface area contributed by atoms with Crippen LogP contribution in [0.4, 0.5) is 0 Å². The molecule has 2 aromatic carbocycles. The Morgan fingerprint density at radius 3 is 1.81 bits per heavy atom. The third kappa shape index (κ3) is 7.32. The van der Waals surface area contributed by atoms with Gasteiger partial charge in [0.1, 0.15) is 6.42 Å². The van der Waals surface area contributed by atoms with Crippen LogP contribution in [0.1, 0.15) is 24.0 Å². The SMILES string of the molecule is O=C(O)CC(=O)N[C@@H](Cc1ccccc1)C[C@@H](Cc1ccccc1)C(=O)O. The van der Waals surface area contributed by atoms with Crippen molar-refractivity contribution in [3.05, 3.63) is 71.8 Å². The Kier molecular flexibility index (Phi) is 7.55. The van der Waals surface area contributed by atoms with E-state index < -0.39 is 36.2 Å². The zero-order valence-electron chi connectivity index (χ0n) is 14.9. The Bertz CT molecular complexity index is 761. The second-order valence-corrected chi connectivity index (χ2v) is 6.49. The van der Waals surface area contributed by atoms with Gasteiger partial charge in [0, 0.05) is 6.04 Å². The number of carboxylic acid groups (broad SMARTS) is 2. The topological polar surface area (TPSA) is 104 Å². The summed E-state index contributed by atoms with van der Waals surface area (Å²) in [6, 6.07) is 18.2. The van der Waals surface area contributed by atoms with Crippen LogP contribution in [0.5, 0.6) is 0 Å². The first-order valence-corrected chi connectivity index (χ1v) is 8.76. The summed E-state index contributed by atoms with van der Waals surface area (Å²) >= 11 is 0. The molecule has 0 aliphatic heterocycles. The molecule has 0 saturated carbocycles. The van der Waals surface area contributed by atoms with Gasteiger partial charge in [0.15, 0.2) is 0 Å². The molecule has 2 atom stereocenters. The number of hydrogen-bond donors (Lipinski definition) is 3. The number of carbonyl (C=O) groups is 3. The smallest absolute Gasteiger partial charge is 0.312 e. The van der Waals surface area contributed by atoms with E-state index in [-0.39, 0.29) is 6.42 Å². The van der Waals surface area contributed by atoms with Crippen molar-refractivity contribution >= 4 is 17.8 Å². The molecule has 0 saturated heterocycles. The molecule has 0 bridgehead atoms. The Labute approximate surface area is 157 Å². The second kappa shape index (κ2) is 10.1. The average Bonchev–Trinajstić information content (AvgIpc) is 2.62. The van der Waals surface area contributed by atoms with Gasteiger partial charge in [-0.3, -0.25) is 14.4 Å². The molecule has 6 nitrogen and oxygen atoms in total. The van der Waals surface area contributed by atoms with Crippen molar-refractivity contribution in [3.63, 3.8) is 0 Å². The molecular weight excluding hydrogens is 346 g/mol. The monoisotopic (exact) mass is 369 g/mol. The molecule has 1 amide bonds. The van der Waals surface area contributed by atoms with Crippen LogP contribution in [-0.4, -0.2) is 34.1 Å². The lowest BCUT2D eigenvalue weighted by Crippen LogP contribution is -2.40. The normalized spacial score (nSPS) is 12.7. The highest BCUT2D eigenvalue weighted by molar-refractivity contribution is 5.93. The van der Waals surface area contributed by atoms with Crippen LogP contribution < -0.4 is 5.32 Å². The lowest BCUT2D eigenvalue weighted by atomic mass is 9.90. The molecule has 27 heavy (non-hydrogen) atoms. The predicted octanol–water partition coefficient (Wildman–Crippen LogP) is 2.52. The zero-order valence-corrected chi connectivity index (χ0v) is 14.9. The van der Waals surface area contributed by atoms with Crippen molar-refractivity contribution < 1.29 is 24.6 Å². The van der Waals surface area contributed by atoms with Crippen molar-refractivity contribution in [3.8, 4) is 0 Å². The molecule has 0 aromatic heterocycles. The molecule has 0 heterocycles. The number of rotatable bonds is 10. The number of benzene rings is 2. The molecule has 6 heteroatoms. The molecule has 0 fully saturated rings. The van der Waals surface area contributed by atoms with Gasteiger partial charge in [-0.15, -0.1) is 0 Å². The van der Waals surface area contributed by atoms with Crippen LogP contribution in [0, 0.1) is 5.92 Å². The summed E-state index contributed by atoms with van der Waals surface area (Å²) in [5.41, 5.74) is 1.85. The lowest BCUT2D eigenvalue weighted by molar-refractivity contribution is -0.144. The van der Waals surface area contributed by atoms with Gasteiger partial charge >= 0.3 is 11.9 Å². The molecule has 142 valence electrons. The molecule has 0 unspecified atom stereocenters. The Morgan fingerprint density at radius 2 is 1.33 bits per heavy atom. The minimum atomic E-state index is -1.22. The van der Waals surface area contributed by atoms with Crippen molar-refractivity contribution in [1.82, 2.24) is 5.32 Å². The third-order valence-electron chi connectivity index (χ3n) is 4.25. The fourth-order valence-corrected chi connectivity index (χ4v) is 3.02. The fraction of sp³-hybridized carbons (Fsp3) is 0.286. The molecule has 2 rings (SSSR count). The van der Waals surface area contributed by atoms with E-state index in [1.165, 1.54) is 0 Å². The van der Waals surface area contributed by atoms with Gasteiger partial charge in [-0.1, -0.05) is 60.7 Å². The minimum absolute atomic E-state index is 0.213. The number of nitrogens with one attached hydrogen (secondary N) is 1. The Morgan fingerprint density at radius 1 is 0.815 bits per heavy atom. The van der Waals surface area contributed by atoms with E-state index in [4.69, 9.17) is 5.11 Å². The van der Waals surface area contributed by atoms with E-state index in [1.54, 1.807) is 0 Å². The number of aliphatic carboxylic acids is 2. The summed E-state index contributed by atoms with van der Waals surface area (Å²) in [4.78, 5) is 34.4. The van der Waals surface area contributed by atoms with Gasteiger partial charge in [-0.2, -0.15) is 0 Å². The van der Waals surface area contributed by atoms with Gasteiger partial charge in [0.05, 0.1) is 5.92 Å². The van der Waals surface area contributed by atoms with Gasteiger partial charge in [0.25, 0.3) is 0 Å². The Balaban J connectivity index is 2.12. The maximum absolute atomic E-state index is 11.9. The number of amides is 1. The van der Waals surface area contributed by atoms with E-state index in [0.717, 1.165) is 11.1 Å². The maximum Gasteiger partial charge on any atom is 0.312 e. The van der Waals surface area contributed by atoms with E-state index >= 15 is 0 Å². The molecule has 2 aromatic rings. The van der Waals surface area contributed by atoms with Gasteiger partial charge in [-0.05, 0) is 30.4 Å². The standard InChI is InChI=1S/C21H23NO5/c23-19(14-20(24)25)22-18(12-16-9-5-2-6-10-16)13-17(21(26)27)11-15-7-3-1-4-8-15/h1-10,17-18H,11-14H2,(H,22,23)(H,24,25)(H,26,27)/t17-,18+/m1/s1. The largest absolute Gasteiger partial charge is 0.481 e. The third-order valence-corrected chi connectivity index (χ3v) is 4.25. The summed E-state index contributed by atoms with van der Waals surface area (Å²) in [5.74, 6) is -3.46. The molecule has 0 aliphatic rings. The van der Waals surface area contributed by atoms with Crippen molar-refractivity contribution in [2.24, 2.45) is 5.92 Å². The summed E-state index contributed by atoms with van der Waals surface area (Å²) < 4.78 is 0. The van der Waals surface area contributed by atoms with Crippen LogP contribution in [0.2, 0.25) is 0 Å². The summed E-state index contributed by atoms with van der Waals surface area (Å²) in [6.45, 7) is 0. The van der Waals surface area contributed by atoms with Crippen LogP contribution in [0.25, 0.3) is 0 Å². The van der Waals surface area contributed by atoms with Gasteiger partial charge in [0.2, 0.25) is 5.91 Å². The molecule has 3 N–H and O–H groups in total. The first-order chi connectivity index (χ1) is 12.9. The first kappa shape index (κ1) is 20.2. The van der Waals surface area contributed by atoms with E-state index in [9.17, 15) is 19.5 Å². The number of hydrogen-bond acceptors (Lipinski definition) is 3. The lowest BCUT2D eigenvalue weighted by Gasteiger charge is -2.22. The fourth-order valence-electron chi connectivity index (χ4n) is 3.02. The number of carboxylic acids is 2. The van der Waals surface area contributed by atoms with Crippen LogP contribution in [0.3, 0.4) is 0 Å². The Hall–Kier alpha value is -3.15. The van der Waals surface area contributed by atoms with Gasteiger partial charge in [-0.25, -0.2) is 0 Å². The van der Waals surface area contributed by atoms with Crippen molar-refractivity contribution in [2.75, 3.05) is 0 Å². The van der Waals surface area contributed by atoms with Crippen molar-refractivity contribution in [1.29, 1.82) is 0 Å². The molecule has 0 radical (unpaired) electrons. The van der Waals surface area contributed by atoms with Crippen LogP contribution >= 0.6 is 0 Å². The average molecular weight is 369 g/mol. The van der Waals surface area contributed by atoms with Crippen LogP contribution in [0.15, 0.2) is 60.7 Å². The predicted molar refractivity (Wildman–Crippen MR) is 100 cm³/mol. The highest BCUT2D eigenvalue weighted by Gasteiger charge is 2.25. The summed E-state index contributed by atoms with van der Waals surface area (Å²) in [5, 5.41) is 21.1. The van der Waals surface area contributed by atoms with E-state index in [2.05, 4.69) is 5.32 Å². The minimum Gasteiger partial charge on any atom is -0.481 e. The molecule has 0 spiro atoms. The van der Waals surface area contributed by atoms with Crippen LogP contribution in [-0.2, 0) is 27.2 Å². The van der Waals surface area contributed by atoms with Crippen molar-refractivity contribution in [2.45, 2.75) is 31.7 Å². The molecule has 0 aliphatic carbocycles. The molecular formula is C21H23NO5. The quantitative estimate of drug-likeness (QED) is 0.558. The summed E-state index contributed by atoms with van der Waals surface area (Å²) in [6.07, 6.45) is 0.354. The summed E-state index contributed by atoms with van der Waals surface area (Å²) in [7, 11) is 0. The highest BCUT2D eigenvalue weighted by atomic mass is 16.4. The number of carbonyl (C=O) groups excluding carboxylic acids is 1.